The fraction of sp³-hybridized carbons (Fsp3) is 0.231. The number of halogens is 3. The summed E-state index contributed by atoms with van der Waals surface area (Å²) >= 11 is 5.52. The summed E-state index contributed by atoms with van der Waals surface area (Å²) in [7, 11) is 0. The second kappa shape index (κ2) is 5.33. The second-order valence-corrected chi connectivity index (χ2v) is 5.03. The van der Waals surface area contributed by atoms with Gasteiger partial charge < -0.3 is 14.8 Å². The van der Waals surface area contributed by atoms with Crippen LogP contribution in [0.15, 0.2) is 23.9 Å². The van der Waals surface area contributed by atoms with Crippen molar-refractivity contribution in [3.8, 4) is 0 Å². The maximum atomic E-state index is 13.5. The molecule has 0 aliphatic carbocycles. The number of rotatable bonds is 2. The SMILES string of the molecule is CC1(C)OC(=O)C(=CNc2cc(Cl)c(F)cc2F)C(=O)O1. The minimum atomic E-state index is -1.37. The van der Waals surface area contributed by atoms with E-state index in [1.807, 2.05) is 0 Å². The van der Waals surface area contributed by atoms with E-state index in [1.165, 1.54) is 13.8 Å². The van der Waals surface area contributed by atoms with E-state index in [-0.39, 0.29) is 10.7 Å². The van der Waals surface area contributed by atoms with Gasteiger partial charge >= 0.3 is 11.9 Å². The molecule has 5 nitrogen and oxygen atoms in total. The van der Waals surface area contributed by atoms with Crippen molar-refractivity contribution in [2.45, 2.75) is 19.6 Å². The van der Waals surface area contributed by atoms with Gasteiger partial charge in [0.1, 0.15) is 11.6 Å². The van der Waals surface area contributed by atoms with E-state index in [1.54, 1.807) is 0 Å². The number of ether oxygens (including phenoxy) is 2. The molecule has 0 aromatic heterocycles. The number of cyclic esters (lactones) is 2. The molecule has 1 aromatic rings. The highest BCUT2D eigenvalue weighted by Crippen LogP contribution is 2.25. The molecule has 2 rings (SSSR count). The highest BCUT2D eigenvalue weighted by molar-refractivity contribution is 6.31. The first-order chi connectivity index (χ1) is 9.69. The van der Waals surface area contributed by atoms with Gasteiger partial charge in [0.15, 0.2) is 5.57 Å². The Labute approximate surface area is 123 Å². The summed E-state index contributed by atoms with van der Waals surface area (Å²) < 4.78 is 36.2. The summed E-state index contributed by atoms with van der Waals surface area (Å²) in [6.07, 6.45) is 0.909. The molecule has 1 aliphatic rings. The normalized spacial score (nSPS) is 17.1. The van der Waals surface area contributed by atoms with Crippen LogP contribution in [0.4, 0.5) is 14.5 Å². The van der Waals surface area contributed by atoms with E-state index in [4.69, 9.17) is 21.1 Å². The molecule has 1 N–H and O–H groups in total. The van der Waals surface area contributed by atoms with E-state index >= 15 is 0 Å². The van der Waals surface area contributed by atoms with E-state index < -0.39 is 34.9 Å². The molecule has 0 radical (unpaired) electrons. The van der Waals surface area contributed by atoms with Crippen LogP contribution in [0.1, 0.15) is 13.8 Å². The van der Waals surface area contributed by atoms with Gasteiger partial charge in [0.2, 0.25) is 0 Å². The molecular formula is C13H10ClF2NO4. The first-order valence-electron chi connectivity index (χ1n) is 5.77. The van der Waals surface area contributed by atoms with E-state index in [0.29, 0.717) is 6.07 Å². The number of carbonyl (C=O) groups excluding carboxylic acids is 2. The molecule has 0 bridgehead atoms. The van der Waals surface area contributed by atoms with Crippen molar-refractivity contribution < 1.29 is 27.8 Å². The van der Waals surface area contributed by atoms with E-state index in [9.17, 15) is 18.4 Å². The zero-order valence-corrected chi connectivity index (χ0v) is 11.8. The number of carbonyl (C=O) groups is 2. The third-order valence-corrected chi connectivity index (χ3v) is 2.79. The lowest BCUT2D eigenvalue weighted by atomic mass is 10.2. The van der Waals surface area contributed by atoms with Crippen LogP contribution in [0.2, 0.25) is 5.02 Å². The van der Waals surface area contributed by atoms with Crippen molar-refractivity contribution in [3.05, 3.63) is 40.6 Å². The first kappa shape index (κ1) is 15.2. The molecule has 21 heavy (non-hydrogen) atoms. The minimum absolute atomic E-state index is 0.209. The van der Waals surface area contributed by atoms with Crippen molar-refractivity contribution in [2.75, 3.05) is 5.32 Å². The highest BCUT2D eigenvalue weighted by atomic mass is 35.5. The van der Waals surface area contributed by atoms with Gasteiger partial charge in [0, 0.05) is 26.1 Å². The largest absolute Gasteiger partial charge is 0.419 e. The van der Waals surface area contributed by atoms with Crippen LogP contribution < -0.4 is 5.32 Å². The predicted octanol–water partition coefficient (Wildman–Crippen LogP) is 2.75. The van der Waals surface area contributed by atoms with Gasteiger partial charge in [-0.1, -0.05) is 11.6 Å². The molecule has 0 atom stereocenters. The summed E-state index contributed by atoms with van der Waals surface area (Å²) in [5.74, 6) is -5.07. The highest BCUT2D eigenvalue weighted by Gasteiger charge is 2.38. The minimum Gasteiger partial charge on any atom is -0.419 e. The van der Waals surface area contributed by atoms with E-state index in [0.717, 1.165) is 12.3 Å². The van der Waals surface area contributed by atoms with Crippen molar-refractivity contribution >= 4 is 29.2 Å². The monoisotopic (exact) mass is 317 g/mol. The fourth-order valence-corrected chi connectivity index (χ4v) is 1.73. The molecule has 112 valence electrons. The quantitative estimate of drug-likeness (QED) is 0.393. The number of hydrogen-bond donors (Lipinski definition) is 1. The fourth-order valence-electron chi connectivity index (χ4n) is 1.56. The van der Waals surface area contributed by atoms with Gasteiger partial charge in [-0.3, -0.25) is 0 Å². The molecule has 1 saturated heterocycles. The molecule has 1 aliphatic heterocycles. The number of hydrogen-bond acceptors (Lipinski definition) is 5. The lowest BCUT2D eigenvalue weighted by molar-refractivity contribution is -0.222. The van der Waals surface area contributed by atoms with E-state index in [2.05, 4.69) is 5.32 Å². The maximum absolute atomic E-state index is 13.5. The topological polar surface area (TPSA) is 64.6 Å². The molecule has 0 unspecified atom stereocenters. The Morgan fingerprint density at radius 2 is 1.71 bits per heavy atom. The van der Waals surface area contributed by atoms with Crippen LogP contribution in [-0.4, -0.2) is 17.7 Å². The summed E-state index contributed by atoms with van der Waals surface area (Å²) in [5, 5.41) is 2.04. The number of anilines is 1. The Morgan fingerprint density at radius 1 is 1.14 bits per heavy atom. The number of benzene rings is 1. The lowest BCUT2D eigenvalue weighted by Gasteiger charge is -2.29. The lowest BCUT2D eigenvalue weighted by Crippen LogP contribution is -2.42. The molecule has 0 amide bonds. The Hall–Kier alpha value is -2.15. The van der Waals surface area contributed by atoms with Gasteiger partial charge in [-0.25, -0.2) is 18.4 Å². The van der Waals surface area contributed by atoms with Crippen LogP contribution in [-0.2, 0) is 19.1 Å². The summed E-state index contributed by atoms with van der Waals surface area (Å²) in [4.78, 5) is 23.3. The predicted molar refractivity (Wildman–Crippen MR) is 69.3 cm³/mol. The Balaban J connectivity index is 2.24. The van der Waals surface area contributed by atoms with Gasteiger partial charge in [-0.15, -0.1) is 0 Å². The first-order valence-corrected chi connectivity index (χ1v) is 6.15. The molecule has 0 spiro atoms. The zero-order chi connectivity index (χ0) is 15.8. The molecule has 0 saturated carbocycles. The Bertz CT molecular complexity index is 636. The molecule has 8 heteroatoms. The van der Waals surface area contributed by atoms with Crippen molar-refractivity contribution in [1.82, 2.24) is 0 Å². The van der Waals surface area contributed by atoms with Crippen LogP contribution in [0.3, 0.4) is 0 Å². The molecule has 1 aromatic carbocycles. The Morgan fingerprint density at radius 3 is 2.29 bits per heavy atom. The van der Waals surface area contributed by atoms with Crippen molar-refractivity contribution in [2.24, 2.45) is 0 Å². The molecule has 1 heterocycles. The van der Waals surface area contributed by atoms with Crippen LogP contribution >= 0.6 is 11.6 Å². The van der Waals surface area contributed by atoms with Crippen molar-refractivity contribution in [3.63, 3.8) is 0 Å². The summed E-state index contributed by atoms with van der Waals surface area (Å²) in [6, 6.07) is 1.55. The van der Waals surface area contributed by atoms with Crippen LogP contribution in [0.25, 0.3) is 0 Å². The van der Waals surface area contributed by atoms with Gasteiger partial charge in [-0.05, 0) is 6.07 Å². The van der Waals surface area contributed by atoms with Gasteiger partial charge in [0.05, 0.1) is 10.7 Å². The molecule has 1 fully saturated rings. The van der Waals surface area contributed by atoms with Crippen LogP contribution in [0.5, 0.6) is 0 Å². The molecular weight excluding hydrogens is 308 g/mol. The smallest absolute Gasteiger partial charge is 0.350 e. The summed E-state index contributed by atoms with van der Waals surface area (Å²) in [5.41, 5.74) is -0.659. The number of esters is 2. The standard InChI is InChI=1S/C13H10ClF2NO4/c1-13(2)20-11(18)6(12(19)21-13)5-17-10-3-7(14)8(15)4-9(10)16/h3-5,17H,1-2H3. The summed E-state index contributed by atoms with van der Waals surface area (Å²) in [6.45, 7) is 2.79. The number of nitrogens with one attached hydrogen (secondary N) is 1. The third-order valence-electron chi connectivity index (χ3n) is 2.50. The zero-order valence-electron chi connectivity index (χ0n) is 11.0. The maximum Gasteiger partial charge on any atom is 0.350 e. The Kier molecular flexibility index (Phi) is 3.87. The average molecular weight is 318 g/mol. The van der Waals surface area contributed by atoms with Crippen LogP contribution in [0, 0.1) is 11.6 Å². The average Bonchev–Trinajstić information content (AvgIpc) is 2.32. The third kappa shape index (κ3) is 3.30. The van der Waals surface area contributed by atoms with Gasteiger partial charge in [0.25, 0.3) is 5.79 Å². The van der Waals surface area contributed by atoms with Crippen molar-refractivity contribution in [1.29, 1.82) is 0 Å². The second-order valence-electron chi connectivity index (χ2n) is 4.63. The van der Waals surface area contributed by atoms with Gasteiger partial charge in [-0.2, -0.15) is 0 Å².